The molecule has 0 saturated carbocycles. The lowest BCUT2D eigenvalue weighted by atomic mass is 10.00. The fourth-order valence-electron chi connectivity index (χ4n) is 4.39. The number of hydrogen-bond acceptors (Lipinski definition) is 5. The lowest BCUT2D eigenvalue weighted by Gasteiger charge is -2.23. The quantitative estimate of drug-likeness (QED) is 0.299. The van der Waals surface area contributed by atoms with Gasteiger partial charge in [0.1, 0.15) is 0 Å². The van der Waals surface area contributed by atoms with Crippen LogP contribution in [0.5, 0.6) is 5.88 Å². The second kappa shape index (κ2) is 12.0. The number of amides is 2. The maximum Gasteiger partial charge on any atom is 0.253 e. The third kappa shape index (κ3) is 6.18. The predicted molar refractivity (Wildman–Crippen MR) is 157 cm³/mol. The molecule has 1 aromatic heterocycles. The smallest absolute Gasteiger partial charge is 0.253 e. The number of likely N-dealkylation sites (N-methyl/N-ethyl adjacent to an activating group) is 1. The summed E-state index contributed by atoms with van der Waals surface area (Å²) in [5, 5.41) is 11.8. The summed E-state index contributed by atoms with van der Waals surface area (Å²) in [6.45, 7) is 5.42. The molecule has 4 aromatic rings. The Hall–Kier alpha value is -4.43. The normalized spacial score (nSPS) is 11.7. The van der Waals surface area contributed by atoms with E-state index >= 15 is 0 Å². The molecule has 1 heterocycles. The van der Waals surface area contributed by atoms with E-state index in [4.69, 9.17) is 4.99 Å². The summed E-state index contributed by atoms with van der Waals surface area (Å²) in [6.07, 6.45) is 0. The van der Waals surface area contributed by atoms with Crippen molar-refractivity contribution in [2.75, 3.05) is 45.7 Å². The highest BCUT2D eigenvalue weighted by Gasteiger charge is 2.20. The van der Waals surface area contributed by atoms with Crippen LogP contribution in [0.2, 0.25) is 0 Å². The molecule has 0 spiro atoms. The van der Waals surface area contributed by atoms with Gasteiger partial charge in [-0.25, -0.2) is 4.99 Å². The molecule has 4 rings (SSSR count). The maximum absolute atomic E-state index is 12.7. The van der Waals surface area contributed by atoms with Gasteiger partial charge in [-0.2, -0.15) is 0 Å². The van der Waals surface area contributed by atoms with Crippen LogP contribution in [0.4, 0.5) is 11.4 Å². The molecule has 0 aliphatic rings. The first-order valence-corrected chi connectivity index (χ1v) is 13.0. The second-order valence-electron chi connectivity index (χ2n) is 9.75. The predicted octanol–water partition coefficient (Wildman–Crippen LogP) is 5.05. The first-order valence-electron chi connectivity index (χ1n) is 13.0. The zero-order valence-electron chi connectivity index (χ0n) is 23.1. The van der Waals surface area contributed by atoms with Crippen LogP contribution >= 0.6 is 0 Å². The Morgan fingerprint density at radius 2 is 1.59 bits per heavy atom. The van der Waals surface area contributed by atoms with Crippen molar-refractivity contribution >= 4 is 39.8 Å². The van der Waals surface area contributed by atoms with Gasteiger partial charge in [0.15, 0.2) is 5.88 Å². The number of rotatable bonds is 9. The summed E-state index contributed by atoms with van der Waals surface area (Å²) in [5.41, 5.74) is 4.65. The minimum Gasteiger partial charge on any atom is -0.494 e. The molecule has 0 aliphatic heterocycles. The van der Waals surface area contributed by atoms with Gasteiger partial charge in [-0.15, -0.1) is 0 Å². The molecule has 0 bridgehead atoms. The number of aromatic nitrogens is 1. The highest BCUT2D eigenvalue weighted by molar-refractivity contribution is 6.22. The number of nitrogens with one attached hydrogen (secondary N) is 1. The van der Waals surface area contributed by atoms with Crippen molar-refractivity contribution in [2.45, 2.75) is 13.8 Å². The molecule has 2 N–H and O–H groups in total. The zero-order chi connectivity index (χ0) is 28.1. The Bertz CT molecular complexity index is 1490. The molecule has 8 heteroatoms. The van der Waals surface area contributed by atoms with Crippen molar-refractivity contribution in [3.63, 3.8) is 0 Å². The van der Waals surface area contributed by atoms with Gasteiger partial charge >= 0.3 is 0 Å². The van der Waals surface area contributed by atoms with Crippen molar-refractivity contribution in [1.82, 2.24) is 14.8 Å². The minimum atomic E-state index is -0.0859. The number of nitrogens with zero attached hydrogens (tertiary/aromatic N) is 4. The Morgan fingerprint density at radius 1 is 0.897 bits per heavy atom. The number of fused-ring (bicyclic) bond motifs is 1. The highest BCUT2D eigenvalue weighted by Crippen LogP contribution is 2.32. The number of carbonyl (C=O) groups excluding carboxylic acids is 2. The Labute approximate surface area is 229 Å². The van der Waals surface area contributed by atoms with Crippen LogP contribution in [0.1, 0.15) is 35.3 Å². The van der Waals surface area contributed by atoms with E-state index in [1.54, 1.807) is 35.9 Å². The van der Waals surface area contributed by atoms with Gasteiger partial charge in [-0.1, -0.05) is 36.4 Å². The number of aromatic hydroxyl groups is 1. The van der Waals surface area contributed by atoms with Crippen molar-refractivity contribution in [1.29, 1.82) is 0 Å². The van der Waals surface area contributed by atoms with Crippen LogP contribution in [-0.4, -0.2) is 78.2 Å². The number of benzene rings is 3. The molecule has 8 nitrogen and oxygen atoms in total. The third-order valence-electron chi connectivity index (χ3n) is 6.68. The lowest BCUT2D eigenvalue weighted by molar-refractivity contribution is -0.116. The lowest BCUT2D eigenvalue weighted by Crippen LogP contribution is -2.35. The SMILES string of the molecule is CCN(C)C(=O)c1ccc2c(C(=Nc3ccc(N(CCN(C)C)C(C)=O)cc3)c3ccccc3)c(O)[nH]c2c1. The summed E-state index contributed by atoms with van der Waals surface area (Å²) in [5.74, 6) is -0.133. The third-order valence-corrected chi connectivity index (χ3v) is 6.68. The summed E-state index contributed by atoms with van der Waals surface area (Å²) in [7, 11) is 5.71. The monoisotopic (exact) mass is 525 g/mol. The van der Waals surface area contributed by atoms with Crippen molar-refractivity contribution < 1.29 is 14.7 Å². The van der Waals surface area contributed by atoms with E-state index in [-0.39, 0.29) is 17.7 Å². The van der Waals surface area contributed by atoms with Crippen molar-refractivity contribution in [3.05, 3.63) is 89.5 Å². The molecule has 3 aromatic carbocycles. The molecule has 0 atom stereocenters. The number of aliphatic imine (C=N–C) groups is 1. The Balaban J connectivity index is 1.77. The van der Waals surface area contributed by atoms with E-state index in [0.717, 1.165) is 23.2 Å². The molecule has 0 radical (unpaired) electrons. The van der Waals surface area contributed by atoms with Crippen LogP contribution in [0, 0.1) is 0 Å². The molecule has 0 aliphatic carbocycles. The second-order valence-corrected chi connectivity index (χ2v) is 9.75. The first kappa shape index (κ1) is 27.6. The van der Waals surface area contributed by atoms with Gasteiger partial charge in [0.05, 0.1) is 17.0 Å². The van der Waals surface area contributed by atoms with Gasteiger partial charge in [0.2, 0.25) is 5.91 Å². The fraction of sp³-hybridized carbons (Fsp3) is 0.258. The molecule has 2 amide bonds. The molecular weight excluding hydrogens is 490 g/mol. The van der Waals surface area contributed by atoms with E-state index in [1.807, 2.05) is 86.6 Å². The largest absolute Gasteiger partial charge is 0.494 e. The summed E-state index contributed by atoms with van der Waals surface area (Å²) >= 11 is 0. The number of anilines is 1. The summed E-state index contributed by atoms with van der Waals surface area (Å²) in [6, 6.07) is 22.5. The van der Waals surface area contributed by atoms with Gasteiger partial charge in [0, 0.05) is 61.3 Å². The highest BCUT2D eigenvalue weighted by atomic mass is 16.3. The van der Waals surface area contributed by atoms with E-state index in [0.29, 0.717) is 41.1 Å². The van der Waals surface area contributed by atoms with Crippen LogP contribution in [0.3, 0.4) is 0 Å². The topological polar surface area (TPSA) is 92.2 Å². The van der Waals surface area contributed by atoms with E-state index in [2.05, 4.69) is 4.98 Å². The number of carbonyl (C=O) groups is 2. The maximum atomic E-state index is 12.7. The van der Waals surface area contributed by atoms with E-state index < -0.39 is 0 Å². The zero-order valence-corrected chi connectivity index (χ0v) is 23.1. The fourth-order valence-corrected chi connectivity index (χ4v) is 4.39. The Morgan fingerprint density at radius 3 is 2.21 bits per heavy atom. The van der Waals surface area contributed by atoms with Crippen LogP contribution in [0.25, 0.3) is 10.9 Å². The van der Waals surface area contributed by atoms with Gasteiger partial charge in [0.25, 0.3) is 5.91 Å². The van der Waals surface area contributed by atoms with Crippen LogP contribution in [0.15, 0.2) is 77.8 Å². The first-order chi connectivity index (χ1) is 18.7. The molecule has 202 valence electrons. The Kier molecular flexibility index (Phi) is 8.46. The number of hydrogen-bond donors (Lipinski definition) is 2. The number of H-pyrrole nitrogens is 1. The molecular formula is C31H35N5O3. The molecule has 0 saturated heterocycles. The molecule has 39 heavy (non-hydrogen) atoms. The van der Waals surface area contributed by atoms with E-state index in [1.165, 1.54) is 0 Å². The number of aromatic amines is 1. The van der Waals surface area contributed by atoms with E-state index in [9.17, 15) is 14.7 Å². The average Bonchev–Trinajstić information content (AvgIpc) is 3.26. The van der Waals surface area contributed by atoms with Gasteiger partial charge in [-0.05, 0) is 57.4 Å². The standard InChI is InChI=1S/C31H35N5O3/c1-6-35(5)31(39)23-12-17-26-27(20-23)33-30(38)28(26)29(22-10-8-7-9-11-22)32-24-13-15-25(16-14-24)36(21(2)37)19-18-34(3)4/h7-17,20,33,38H,6,18-19H2,1-5H3. The molecule has 0 fully saturated rings. The average molecular weight is 526 g/mol. The van der Waals surface area contributed by atoms with Gasteiger partial charge < -0.3 is 24.8 Å². The summed E-state index contributed by atoms with van der Waals surface area (Å²) in [4.78, 5) is 38.4. The van der Waals surface area contributed by atoms with Crippen LogP contribution in [-0.2, 0) is 4.79 Å². The van der Waals surface area contributed by atoms with Crippen LogP contribution < -0.4 is 4.90 Å². The minimum absolute atomic E-state index is 0.0234. The van der Waals surface area contributed by atoms with Gasteiger partial charge in [-0.3, -0.25) is 9.59 Å². The molecule has 0 unspecified atom stereocenters. The van der Waals surface area contributed by atoms with Crippen molar-refractivity contribution in [3.8, 4) is 5.88 Å². The summed E-state index contributed by atoms with van der Waals surface area (Å²) < 4.78 is 0. The van der Waals surface area contributed by atoms with Crippen molar-refractivity contribution in [2.24, 2.45) is 4.99 Å².